The Morgan fingerprint density at radius 2 is 2.39 bits per heavy atom. The minimum atomic E-state index is -0.713. The van der Waals surface area contributed by atoms with Gasteiger partial charge in [-0.1, -0.05) is 0 Å². The summed E-state index contributed by atoms with van der Waals surface area (Å²) in [5.41, 5.74) is 0. The summed E-state index contributed by atoms with van der Waals surface area (Å²) in [6, 6.07) is 2.00. The molecule has 0 spiro atoms. The number of hydrogen-bond acceptors (Lipinski definition) is 5. The number of thiophene rings is 1. The molecular formula is C12H13N3O2S. The Balaban J connectivity index is 1.94. The Labute approximate surface area is 108 Å². The molecule has 1 fully saturated rings. The third-order valence-corrected chi connectivity index (χ3v) is 4.13. The van der Waals surface area contributed by atoms with E-state index < -0.39 is 5.97 Å². The van der Waals surface area contributed by atoms with E-state index in [9.17, 15) is 4.79 Å². The van der Waals surface area contributed by atoms with Crippen LogP contribution in [0.3, 0.4) is 0 Å². The molecule has 2 aromatic rings. The van der Waals surface area contributed by atoms with Gasteiger partial charge in [0.2, 0.25) is 0 Å². The van der Waals surface area contributed by atoms with Crippen molar-refractivity contribution in [2.24, 2.45) is 5.92 Å². The molecule has 3 rings (SSSR count). The van der Waals surface area contributed by atoms with Gasteiger partial charge in [0.25, 0.3) is 0 Å². The maximum absolute atomic E-state index is 11.1. The van der Waals surface area contributed by atoms with Crippen molar-refractivity contribution >= 4 is 33.3 Å². The van der Waals surface area contributed by atoms with Crippen LogP contribution in [0.2, 0.25) is 0 Å². The van der Waals surface area contributed by atoms with Gasteiger partial charge < -0.3 is 10.0 Å². The predicted octanol–water partition coefficient (Wildman–Crippen LogP) is 1.99. The molecule has 5 nitrogen and oxygen atoms in total. The first kappa shape index (κ1) is 11.4. The summed E-state index contributed by atoms with van der Waals surface area (Å²) in [6.45, 7) is 1.41. The lowest BCUT2D eigenvalue weighted by Crippen LogP contribution is -2.39. The van der Waals surface area contributed by atoms with Crippen molar-refractivity contribution in [2.75, 3.05) is 18.0 Å². The Kier molecular flexibility index (Phi) is 2.87. The monoisotopic (exact) mass is 263 g/mol. The van der Waals surface area contributed by atoms with E-state index in [0.717, 1.165) is 35.4 Å². The fourth-order valence-electron chi connectivity index (χ4n) is 2.40. The third kappa shape index (κ3) is 1.92. The van der Waals surface area contributed by atoms with Gasteiger partial charge in [0.15, 0.2) is 0 Å². The molecule has 0 amide bonds. The van der Waals surface area contributed by atoms with Crippen molar-refractivity contribution in [3.8, 4) is 0 Å². The average Bonchev–Trinajstić information content (AvgIpc) is 2.87. The standard InChI is InChI=1S/C12H13N3O2S/c16-12(17)8-2-1-4-15(6-8)10-9-3-5-18-11(9)14-7-13-10/h3,5,7-8H,1-2,4,6H2,(H,16,17)/t8-/m1/s1. The van der Waals surface area contributed by atoms with Gasteiger partial charge in [-0.15, -0.1) is 11.3 Å². The fourth-order valence-corrected chi connectivity index (χ4v) is 3.13. The minimum Gasteiger partial charge on any atom is -0.481 e. The second-order valence-electron chi connectivity index (χ2n) is 4.46. The summed E-state index contributed by atoms with van der Waals surface area (Å²) in [7, 11) is 0. The zero-order chi connectivity index (χ0) is 12.5. The number of piperidine rings is 1. The second-order valence-corrected chi connectivity index (χ2v) is 5.35. The maximum Gasteiger partial charge on any atom is 0.308 e. The molecule has 1 N–H and O–H groups in total. The van der Waals surface area contributed by atoms with Crippen LogP contribution in [0.4, 0.5) is 5.82 Å². The van der Waals surface area contributed by atoms with E-state index in [1.54, 1.807) is 17.7 Å². The lowest BCUT2D eigenvalue weighted by Gasteiger charge is -2.31. The summed E-state index contributed by atoms with van der Waals surface area (Å²) in [5.74, 6) is -0.134. The Morgan fingerprint density at radius 3 is 3.22 bits per heavy atom. The molecule has 1 aliphatic rings. The van der Waals surface area contributed by atoms with Gasteiger partial charge in [-0.05, 0) is 24.3 Å². The van der Waals surface area contributed by atoms with E-state index in [0.29, 0.717) is 6.54 Å². The number of carboxylic acid groups (broad SMARTS) is 1. The molecule has 0 aromatic carbocycles. The summed E-state index contributed by atoms with van der Waals surface area (Å²) < 4.78 is 0. The van der Waals surface area contributed by atoms with Gasteiger partial charge in [-0.3, -0.25) is 4.79 Å². The van der Waals surface area contributed by atoms with Gasteiger partial charge in [-0.2, -0.15) is 0 Å². The minimum absolute atomic E-state index is 0.289. The Morgan fingerprint density at radius 1 is 1.50 bits per heavy atom. The van der Waals surface area contributed by atoms with Crippen LogP contribution in [-0.4, -0.2) is 34.1 Å². The molecule has 18 heavy (non-hydrogen) atoms. The van der Waals surface area contributed by atoms with Gasteiger partial charge >= 0.3 is 5.97 Å². The Bertz CT molecular complexity index is 583. The van der Waals surface area contributed by atoms with Crippen LogP contribution in [0.25, 0.3) is 10.2 Å². The number of rotatable bonds is 2. The zero-order valence-electron chi connectivity index (χ0n) is 9.74. The first-order valence-electron chi connectivity index (χ1n) is 5.91. The lowest BCUT2D eigenvalue weighted by atomic mass is 9.98. The highest BCUT2D eigenvalue weighted by atomic mass is 32.1. The van der Waals surface area contributed by atoms with E-state index in [1.807, 2.05) is 11.4 Å². The molecule has 0 unspecified atom stereocenters. The lowest BCUT2D eigenvalue weighted by molar-refractivity contribution is -0.141. The third-order valence-electron chi connectivity index (χ3n) is 3.31. The van der Waals surface area contributed by atoms with Crippen molar-refractivity contribution in [2.45, 2.75) is 12.8 Å². The molecular weight excluding hydrogens is 250 g/mol. The molecule has 1 atom stereocenters. The molecule has 94 valence electrons. The second kappa shape index (κ2) is 4.53. The zero-order valence-corrected chi connectivity index (χ0v) is 10.6. The van der Waals surface area contributed by atoms with E-state index in [1.165, 1.54) is 0 Å². The molecule has 1 saturated heterocycles. The van der Waals surface area contributed by atoms with Crippen LogP contribution in [0.15, 0.2) is 17.8 Å². The fraction of sp³-hybridized carbons (Fsp3) is 0.417. The van der Waals surface area contributed by atoms with Gasteiger partial charge in [0.1, 0.15) is 17.0 Å². The highest BCUT2D eigenvalue weighted by Crippen LogP contribution is 2.29. The number of aliphatic carboxylic acids is 1. The summed E-state index contributed by atoms with van der Waals surface area (Å²) in [5, 5.41) is 12.1. The van der Waals surface area contributed by atoms with E-state index >= 15 is 0 Å². The molecule has 3 heterocycles. The number of fused-ring (bicyclic) bond motifs is 1. The van der Waals surface area contributed by atoms with Gasteiger partial charge in [-0.25, -0.2) is 9.97 Å². The normalized spacial score (nSPS) is 20.2. The average molecular weight is 263 g/mol. The molecule has 1 aliphatic heterocycles. The van der Waals surface area contributed by atoms with Crippen molar-refractivity contribution < 1.29 is 9.90 Å². The van der Waals surface area contributed by atoms with Gasteiger partial charge in [0, 0.05) is 13.1 Å². The van der Waals surface area contributed by atoms with Crippen LogP contribution < -0.4 is 4.90 Å². The largest absolute Gasteiger partial charge is 0.481 e. The first-order valence-corrected chi connectivity index (χ1v) is 6.79. The van der Waals surface area contributed by atoms with Crippen molar-refractivity contribution in [3.63, 3.8) is 0 Å². The topological polar surface area (TPSA) is 66.3 Å². The summed E-state index contributed by atoms with van der Waals surface area (Å²) in [6.07, 6.45) is 3.20. The van der Waals surface area contributed by atoms with E-state index in [-0.39, 0.29) is 5.92 Å². The van der Waals surface area contributed by atoms with Crippen molar-refractivity contribution in [1.29, 1.82) is 0 Å². The number of carbonyl (C=O) groups is 1. The number of aromatic nitrogens is 2. The molecule has 6 heteroatoms. The van der Waals surface area contributed by atoms with Crippen LogP contribution in [0, 0.1) is 5.92 Å². The molecule has 0 bridgehead atoms. The predicted molar refractivity (Wildman–Crippen MR) is 70.0 cm³/mol. The number of hydrogen-bond donors (Lipinski definition) is 1. The number of carboxylic acids is 1. The SMILES string of the molecule is O=C(O)[C@@H]1CCCN(c2ncnc3sccc23)C1. The first-order chi connectivity index (χ1) is 8.75. The Hall–Kier alpha value is -1.69. The van der Waals surface area contributed by atoms with E-state index in [2.05, 4.69) is 14.9 Å². The number of nitrogens with zero attached hydrogens (tertiary/aromatic N) is 3. The van der Waals surface area contributed by atoms with Gasteiger partial charge in [0.05, 0.1) is 11.3 Å². The molecule has 0 saturated carbocycles. The quantitative estimate of drug-likeness (QED) is 0.897. The molecule has 0 aliphatic carbocycles. The van der Waals surface area contributed by atoms with E-state index in [4.69, 9.17) is 5.11 Å². The van der Waals surface area contributed by atoms with Crippen LogP contribution in [-0.2, 0) is 4.79 Å². The molecule has 2 aromatic heterocycles. The maximum atomic E-state index is 11.1. The highest BCUT2D eigenvalue weighted by Gasteiger charge is 2.27. The molecule has 0 radical (unpaired) electrons. The highest BCUT2D eigenvalue weighted by molar-refractivity contribution is 7.16. The van der Waals surface area contributed by atoms with Crippen molar-refractivity contribution in [3.05, 3.63) is 17.8 Å². The summed E-state index contributed by atoms with van der Waals surface area (Å²) in [4.78, 5) is 22.7. The number of anilines is 1. The summed E-state index contributed by atoms with van der Waals surface area (Å²) >= 11 is 1.58. The smallest absolute Gasteiger partial charge is 0.308 e. The van der Waals surface area contributed by atoms with Crippen molar-refractivity contribution in [1.82, 2.24) is 9.97 Å². The van der Waals surface area contributed by atoms with Crippen LogP contribution in [0.5, 0.6) is 0 Å². The van der Waals surface area contributed by atoms with Crippen LogP contribution in [0.1, 0.15) is 12.8 Å². The van der Waals surface area contributed by atoms with Crippen LogP contribution >= 0.6 is 11.3 Å².